The molecule has 0 fully saturated rings. The molecule has 0 bridgehead atoms. The number of rotatable bonds is 4. The molecule has 0 saturated heterocycles. The highest BCUT2D eigenvalue weighted by Gasteiger charge is 1.91. The van der Waals surface area contributed by atoms with E-state index in [1.165, 1.54) is 0 Å². The lowest BCUT2D eigenvalue weighted by Gasteiger charge is -1.95. The van der Waals surface area contributed by atoms with Gasteiger partial charge >= 0.3 is 0 Å². The van der Waals surface area contributed by atoms with Crippen LogP contribution in [0.4, 0.5) is 0 Å². The standard InChI is InChI=1S/C8H15NO/c1-3-5-6-7-8(10)9-4-2/h5-6H,3-4,7H2,1-2H3,(H,9,10)/b6-5+. The summed E-state index contributed by atoms with van der Waals surface area (Å²) in [5.74, 6) is 0.104. The molecule has 0 atom stereocenters. The second kappa shape index (κ2) is 6.33. The van der Waals surface area contributed by atoms with Gasteiger partial charge in [-0.05, 0) is 13.3 Å². The van der Waals surface area contributed by atoms with E-state index in [0.717, 1.165) is 13.0 Å². The quantitative estimate of drug-likeness (QED) is 0.590. The summed E-state index contributed by atoms with van der Waals surface area (Å²) in [7, 11) is 0. The third-order valence-corrected chi connectivity index (χ3v) is 1.08. The first-order valence-corrected chi connectivity index (χ1v) is 3.73. The van der Waals surface area contributed by atoms with Gasteiger partial charge in [0, 0.05) is 13.0 Å². The number of allylic oxidation sites excluding steroid dienone is 1. The molecule has 0 aliphatic heterocycles. The highest BCUT2D eigenvalue weighted by Crippen LogP contribution is 1.85. The summed E-state index contributed by atoms with van der Waals surface area (Å²) in [6, 6.07) is 0. The Morgan fingerprint density at radius 1 is 1.40 bits per heavy atom. The fourth-order valence-electron chi connectivity index (χ4n) is 0.626. The molecule has 0 aromatic rings. The van der Waals surface area contributed by atoms with Crippen LogP contribution in [0.5, 0.6) is 0 Å². The smallest absolute Gasteiger partial charge is 0.223 e. The van der Waals surface area contributed by atoms with Crippen molar-refractivity contribution < 1.29 is 4.79 Å². The van der Waals surface area contributed by atoms with Crippen molar-refractivity contribution in [1.29, 1.82) is 0 Å². The molecule has 2 nitrogen and oxygen atoms in total. The van der Waals surface area contributed by atoms with Gasteiger partial charge in [0.2, 0.25) is 5.91 Å². The fourth-order valence-corrected chi connectivity index (χ4v) is 0.626. The molecule has 58 valence electrons. The lowest BCUT2D eigenvalue weighted by atomic mass is 10.3. The van der Waals surface area contributed by atoms with Crippen molar-refractivity contribution in [2.45, 2.75) is 26.7 Å². The van der Waals surface area contributed by atoms with Crippen LogP contribution < -0.4 is 5.32 Å². The van der Waals surface area contributed by atoms with Crippen LogP contribution in [0.25, 0.3) is 0 Å². The Balaban J connectivity index is 3.30. The molecular formula is C8H15NO. The summed E-state index contributed by atoms with van der Waals surface area (Å²) in [5.41, 5.74) is 0. The van der Waals surface area contributed by atoms with E-state index < -0.39 is 0 Å². The van der Waals surface area contributed by atoms with Crippen LogP contribution in [-0.4, -0.2) is 12.5 Å². The van der Waals surface area contributed by atoms with Gasteiger partial charge in [0.15, 0.2) is 0 Å². The average molecular weight is 141 g/mol. The van der Waals surface area contributed by atoms with Crippen molar-refractivity contribution in [2.24, 2.45) is 0 Å². The number of hydrogen-bond donors (Lipinski definition) is 1. The molecular weight excluding hydrogens is 126 g/mol. The Labute approximate surface area is 62.3 Å². The minimum atomic E-state index is 0.104. The van der Waals surface area contributed by atoms with Crippen LogP contribution in [0.2, 0.25) is 0 Å². The second-order valence-corrected chi connectivity index (χ2v) is 2.04. The van der Waals surface area contributed by atoms with Crippen LogP contribution in [0.3, 0.4) is 0 Å². The average Bonchev–Trinajstić information content (AvgIpc) is 1.89. The summed E-state index contributed by atoms with van der Waals surface area (Å²) in [6.45, 7) is 4.69. The van der Waals surface area contributed by atoms with Gasteiger partial charge in [0.25, 0.3) is 0 Å². The van der Waals surface area contributed by atoms with E-state index in [2.05, 4.69) is 5.32 Å². The van der Waals surface area contributed by atoms with Crippen molar-refractivity contribution in [3.63, 3.8) is 0 Å². The van der Waals surface area contributed by atoms with E-state index in [9.17, 15) is 4.79 Å². The summed E-state index contributed by atoms with van der Waals surface area (Å²) in [6.07, 6.45) is 5.40. The third-order valence-electron chi connectivity index (χ3n) is 1.08. The predicted octanol–water partition coefficient (Wildman–Crippen LogP) is 1.48. The van der Waals surface area contributed by atoms with E-state index in [4.69, 9.17) is 0 Å². The van der Waals surface area contributed by atoms with Crippen LogP contribution in [-0.2, 0) is 4.79 Å². The van der Waals surface area contributed by atoms with Gasteiger partial charge in [0.1, 0.15) is 0 Å². The minimum Gasteiger partial charge on any atom is -0.356 e. The van der Waals surface area contributed by atoms with Gasteiger partial charge in [-0.2, -0.15) is 0 Å². The highest BCUT2D eigenvalue weighted by molar-refractivity contribution is 5.77. The lowest BCUT2D eigenvalue weighted by Crippen LogP contribution is -2.21. The largest absolute Gasteiger partial charge is 0.356 e. The zero-order valence-electron chi connectivity index (χ0n) is 6.68. The zero-order valence-corrected chi connectivity index (χ0v) is 6.68. The van der Waals surface area contributed by atoms with Crippen molar-refractivity contribution in [2.75, 3.05) is 6.54 Å². The van der Waals surface area contributed by atoms with Gasteiger partial charge in [-0.25, -0.2) is 0 Å². The van der Waals surface area contributed by atoms with Crippen molar-refractivity contribution in [3.8, 4) is 0 Å². The Kier molecular flexibility index (Phi) is 5.83. The van der Waals surface area contributed by atoms with Crippen LogP contribution >= 0.6 is 0 Å². The van der Waals surface area contributed by atoms with Crippen molar-refractivity contribution in [3.05, 3.63) is 12.2 Å². The van der Waals surface area contributed by atoms with E-state index in [1.807, 2.05) is 26.0 Å². The molecule has 2 heteroatoms. The van der Waals surface area contributed by atoms with Crippen molar-refractivity contribution in [1.82, 2.24) is 5.32 Å². The zero-order chi connectivity index (χ0) is 7.82. The number of hydrogen-bond acceptors (Lipinski definition) is 1. The molecule has 0 aromatic heterocycles. The number of carbonyl (C=O) groups excluding carboxylic acids is 1. The molecule has 0 saturated carbocycles. The summed E-state index contributed by atoms with van der Waals surface area (Å²) < 4.78 is 0. The monoisotopic (exact) mass is 141 g/mol. The second-order valence-electron chi connectivity index (χ2n) is 2.04. The Bertz CT molecular complexity index is 118. The normalized spacial score (nSPS) is 10.2. The molecule has 0 radical (unpaired) electrons. The first kappa shape index (κ1) is 9.21. The topological polar surface area (TPSA) is 29.1 Å². The first-order chi connectivity index (χ1) is 4.81. The molecule has 10 heavy (non-hydrogen) atoms. The Morgan fingerprint density at radius 2 is 2.10 bits per heavy atom. The maximum absolute atomic E-state index is 10.8. The van der Waals surface area contributed by atoms with Gasteiger partial charge in [-0.15, -0.1) is 0 Å². The fraction of sp³-hybridized carbons (Fsp3) is 0.625. The SMILES string of the molecule is CC/C=C/CC(=O)NCC. The molecule has 0 heterocycles. The first-order valence-electron chi connectivity index (χ1n) is 3.73. The van der Waals surface area contributed by atoms with E-state index in [0.29, 0.717) is 6.42 Å². The molecule has 1 amide bonds. The number of carbonyl (C=O) groups is 1. The molecule has 0 rings (SSSR count). The van der Waals surface area contributed by atoms with Crippen LogP contribution in [0.15, 0.2) is 12.2 Å². The van der Waals surface area contributed by atoms with Gasteiger partial charge in [-0.1, -0.05) is 19.1 Å². The molecule has 0 aliphatic carbocycles. The number of amides is 1. The van der Waals surface area contributed by atoms with E-state index in [1.54, 1.807) is 0 Å². The summed E-state index contributed by atoms with van der Waals surface area (Å²) >= 11 is 0. The van der Waals surface area contributed by atoms with Crippen LogP contribution in [0, 0.1) is 0 Å². The third kappa shape index (κ3) is 5.35. The summed E-state index contributed by atoms with van der Waals surface area (Å²) in [4.78, 5) is 10.8. The molecule has 0 unspecified atom stereocenters. The van der Waals surface area contributed by atoms with E-state index >= 15 is 0 Å². The maximum atomic E-state index is 10.8. The maximum Gasteiger partial charge on any atom is 0.223 e. The Morgan fingerprint density at radius 3 is 2.60 bits per heavy atom. The predicted molar refractivity (Wildman–Crippen MR) is 42.7 cm³/mol. The minimum absolute atomic E-state index is 0.104. The summed E-state index contributed by atoms with van der Waals surface area (Å²) in [5, 5.41) is 2.71. The highest BCUT2D eigenvalue weighted by atomic mass is 16.1. The lowest BCUT2D eigenvalue weighted by molar-refractivity contribution is -0.120. The van der Waals surface area contributed by atoms with Crippen molar-refractivity contribution >= 4 is 5.91 Å². The van der Waals surface area contributed by atoms with Gasteiger partial charge < -0.3 is 5.32 Å². The van der Waals surface area contributed by atoms with Crippen LogP contribution in [0.1, 0.15) is 26.7 Å². The number of nitrogens with one attached hydrogen (secondary N) is 1. The van der Waals surface area contributed by atoms with E-state index in [-0.39, 0.29) is 5.91 Å². The molecule has 0 aliphatic rings. The molecule has 0 aromatic carbocycles. The Hall–Kier alpha value is -0.790. The van der Waals surface area contributed by atoms with Gasteiger partial charge in [-0.3, -0.25) is 4.79 Å². The molecule has 0 spiro atoms. The van der Waals surface area contributed by atoms with Gasteiger partial charge in [0.05, 0.1) is 0 Å². The molecule has 1 N–H and O–H groups in total.